The Labute approximate surface area is 190 Å². The van der Waals surface area contributed by atoms with E-state index in [1.54, 1.807) is 6.33 Å². The van der Waals surface area contributed by atoms with Crippen molar-refractivity contribution < 1.29 is 4.79 Å². The number of thiazole rings is 1. The Morgan fingerprint density at radius 3 is 2.88 bits per heavy atom. The van der Waals surface area contributed by atoms with Crippen LogP contribution in [0.15, 0.2) is 30.9 Å². The van der Waals surface area contributed by atoms with Crippen LogP contribution in [0.1, 0.15) is 49.0 Å². The van der Waals surface area contributed by atoms with Gasteiger partial charge in [-0.05, 0) is 52.2 Å². The molecule has 9 heteroatoms. The molecule has 2 N–H and O–H groups in total. The number of aromatic amines is 1. The molecular formula is C23H25N7OS. The van der Waals surface area contributed by atoms with E-state index in [0.717, 1.165) is 51.8 Å². The van der Waals surface area contributed by atoms with Gasteiger partial charge < -0.3 is 10.3 Å². The number of hydrogen-bond donors (Lipinski definition) is 2. The van der Waals surface area contributed by atoms with Crippen LogP contribution in [0.3, 0.4) is 0 Å². The van der Waals surface area contributed by atoms with E-state index in [1.165, 1.54) is 16.9 Å². The number of nitrogens with zero attached hydrogens (tertiary/aromatic N) is 5. The topological polar surface area (TPSA) is 101 Å². The summed E-state index contributed by atoms with van der Waals surface area (Å²) in [6.07, 6.45) is 8.00. The second-order valence-electron chi connectivity index (χ2n) is 8.31. The van der Waals surface area contributed by atoms with Crippen LogP contribution in [-0.4, -0.2) is 35.6 Å². The van der Waals surface area contributed by atoms with Crippen molar-refractivity contribution in [3.63, 3.8) is 0 Å². The summed E-state index contributed by atoms with van der Waals surface area (Å²) in [6, 6.07) is 4.31. The van der Waals surface area contributed by atoms with Crippen LogP contribution >= 0.6 is 11.3 Å². The van der Waals surface area contributed by atoms with Crippen LogP contribution in [0, 0.1) is 6.92 Å². The first-order valence-electron chi connectivity index (χ1n) is 10.8. The average Bonchev–Trinajstić information content (AvgIpc) is 3.50. The molecule has 32 heavy (non-hydrogen) atoms. The van der Waals surface area contributed by atoms with Crippen molar-refractivity contribution in [2.75, 3.05) is 5.32 Å². The Kier molecular flexibility index (Phi) is 5.34. The molecule has 0 aromatic carbocycles. The molecule has 4 heterocycles. The van der Waals surface area contributed by atoms with Crippen LogP contribution < -0.4 is 5.32 Å². The molecule has 1 amide bonds. The molecule has 8 nitrogen and oxygen atoms in total. The van der Waals surface area contributed by atoms with E-state index in [4.69, 9.17) is 10.1 Å². The molecule has 0 atom stereocenters. The summed E-state index contributed by atoms with van der Waals surface area (Å²) in [6.45, 7) is 6.26. The second-order valence-corrected chi connectivity index (χ2v) is 9.30. The van der Waals surface area contributed by atoms with E-state index < -0.39 is 0 Å². The normalized spacial score (nSPS) is 12.6. The van der Waals surface area contributed by atoms with Gasteiger partial charge in [0.15, 0.2) is 5.13 Å². The molecule has 1 aliphatic carbocycles. The maximum absolute atomic E-state index is 12.5. The Balaban J connectivity index is 1.44. The molecule has 0 unspecified atom stereocenters. The fraction of sp³-hybridized carbons (Fsp3) is 0.348. The quantitative estimate of drug-likeness (QED) is 0.458. The summed E-state index contributed by atoms with van der Waals surface area (Å²) < 4.78 is 2.09. The van der Waals surface area contributed by atoms with Crippen LogP contribution in [-0.2, 0) is 24.1 Å². The Hall–Kier alpha value is -3.33. The predicted molar refractivity (Wildman–Crippen MR) is 125 cm³/mol. The Bertz CT molecular complexity index is 1250. The number of nitrogens with one attached hydrogen (secondary N) is 2. The molecule has 5 rings (SSSR count). The first-order chi connectivity index (χ1) is 15.5. The van der Waals surface area contributed by atoms with Gasteiger partial charge in [-0.25, -0.2) is 9.97 Å². The lowest BCUT2D eigenvalue weighted by Gasteiger charge is -2.15. The molecule has 0 saturated carbocycles. The van der Waals surface area contributed by atoms with Crippen molar-refractivity contribution in [2.24, 2.45) is 0 Å². The smallest absolute Gasteiger partial charge is 0.226 e. The Morgan fingerprint density at radius 2 is 2.16 bits per heavy atom. The molecule has 0 bridgehead atoms. The molecule has 0 aliphatic heterocycles. The fourth-order valence-corrected chi connectivity index (χ4v) is 5.11. The number of anilines is 1. The third-order valence-electron chi connectivity index (χ3n) is 5.62. The highest BCUT2D eigenvalue weighted by Crippen LogP contribution is 2.44. The summed E-state index contributed by atoms with van der Waals surface area (Å²) in [4.78, 5) is 29.8. The van der Waals surface area contributed by atoms with Gasteiger partial charge in [0.2, 0.25) is 5.91 Å². The minimum Gasteiger partial charge on any atom is -0.351 e. The zero-order valence-electron chi connectivity index (χ0n) is 18.3. The lowest BCUT2D eigenvalue weighted by molar-refractivity contribution is -0.116. The van der Waals surface area contributed by atoms with Gasteiger partial charge in [0.1, 0.15) is 0 Å². The highest BCUT2D eigenvalue weighted by molar-refractivity contribution is 7.19. The number of aryl methyl sites for hydroxylation is 3. The zero-order valence-corrected chi connectivity index (χ0v) is 19.2. The minimum atomic E-state index is -0.0527. The molecule has 0 fully saturated rings. The molecule has 0 saturated heterocycles. The summed E-state index contributed by atoms with van der Waals surface area (Å²) in [5.74, 6) is -0.0527. The van der Waals surface area contributed by atoms with Crippen molar-refractivity contribution in [2.45, 2.75) is 52.5 Å². The van der Waals surface area contributed by atoms with E-state index in [9.17, 15) is 4.79 Å². The highest BCUT2D eigenvalue weighted by Gasteiger charge is 2.30. The van der Waals surface area contributed by atoms with Crippen molar-refractivity contribution in [1.82, 2.24) is 29.7 Å². The summed E-state index contributed by atoms with van der Waals surface area (Å²) in [5.41, 5.74) is 7.27. The number of amides is 1. The second kappa shape index (κ2) is 8.31. The van der Waals surface area contributed by atoms with Crippen molar-refractivity contribution in [1.29, 1.82) is 0 Å². The molecule has 0 spiro atoms. The van der Waals surface area contributed by atoms with Crippen molar-refractivity contribution in [3.05, 3.63) is 53.5 Å². The molecule has 164 valence electrons. The predicted octanol–water partition coefficient (Wildman–Crippen LogP) is 4.35. The van der Waals surface area contributed by atoms with Gasteiger partial charge in [-0.2, -0.15) is 5.10 Å². The number of hydrogen-bond acceptors (Lipinski definition) is 6. The Morgan fingerprint density at radius 1 is 1.28 bits per heavy atom. The fourth-order valence-electron chi connectivity index (χ4n) is 4.01. The number of rotatable bonds is 6. The highest BCUT2D eigenvalue weighted by atomic mass is 32.1. The van der Waals surface area contributed by atoms with Gasteiger partial charge >= 0.3 is 0 Å². The number of imidazole rings is 1. The van der Waals surface area contributed by atoms with Crippen molar-refractivity contribution in [3.8, 4) is 21.8 Å². The van der Waals surface area contributed by atoms with Crippen LogP contribution in [0.2, 0.25) is 0 Å². The summed E-state index contributed by atoms with van der Waals surface area (Å²) in [5, 5.41) is 8.60. The molecule has 4 aromatic heterocycles. The van der Waals surface area contributed by atoms with Crippen molar-refractivity contribution >= 4 is 22.4 Å². The van der Waals surface area contributed by atoms with E-state index in [0.29, 0.717) is 18.0 Å². The first kappa shape index (κ1) is 20.6. The van der Waals surface area contributed by atoms with E-state index in [-0.39, 0.29) is 11.9 Å². The number of aromatic nitrogens is 6. The molecule has 1 aliphatic rings. The number of pyridine rings is 1. The zero-order chi connectivity index (χ0) is 22.2. The van der Waals surface area contributed by atoms with Gasteiger partial charge in [0, 0.05) is 41.7 Å². The van der Waals surface area contributed by atoms with Crippen LogP contribution in [0.5, 0.6) is 0 Å². The SMILES string of the molecule is Cc1ccc(-c2nn(C(C)C)c3c2CCc2nc(NC(=O)CCc4c[nH]cn4)sc2-3)cn1. The van der Waals surface area contributed by atoms with E-state index >= 15 is 0 Å². The maximum Gasteiger partial charge on any atom is 0.226 e. The lowest BCUT2D eigenvalue weighted by Crippen LogP contribution is -2.12. The van der Waals surface area contributed by atoms with E-state index in [1.807, 2.05) is 25.4 Å². The molecular weight excluding hydrogens is 422 g/mol. The molecule has 4 aromatic rings. The van der Waals surface area contributed by atoms with Crippen LogP contribution in [0.25, 0.3) is 21.8 Å². The molecule has 0 radical (unpaired) electrons. The first-order valence-corrected chi connectivity index (χ1v) is 11.6. The number of fused-ring (bicyclic) bond motifs is 3. The summed E-state index contributed by atoms with van der Waals surface area (Å²) >= 11 is 1.53. The maximum atomic E-state index is 12.5. The average molecular weight is 448 g/mol. The van der Waals surface area contributed by atoms with Gasteiger partial charge in [0.05, 0.1) is 34.0 Å². The van der Waals surface area contributed by atoms with Gasteiger partial charge in [-0.1, -0.05) is 11.3 Å². The number of H-pyrrole nitrogens is 1. The largest absolute Gasteiger partial charge is 0.351 e. The number of carbonyl (C=O) groups is 1. The third kappa shape index (κ3) is 3.84. The number of carbonyl (C=O) groups excluding carboxylic acids is 1. The van der Waals surface area contributed by atoms with Gasteiger partial charge in [-0.15, -0.1) is 0 Å². The minimum absolute atomic E-state index is 0.0527. The van der Waals surface area contributed by atoms with E-state index in [2.05, 4.69) is 44.9 Å². The van der Waals surface area contributed by atoms with Gasteiger partial charge in [0.25, 0.3) is 0 Å². The lowest BCUT2D eigenvalue weighted by atomic mass is 9.95. The summed E-state index contributed by atoms with van der Waals surface area (Å²) in [7, 11) is 0. The van der Waals surface area contributed by atoms with Crippen LogP contribution in [0.4, 0.5) is 5.13 Å². The standard InChI is InChI=1S/C23H25N7OS/c1-13(2)30-21-17(20(29-30)15-5-4-14(3)25-10-15)7-8-18-22(21)32-23(27-18)28-19(31)9-6-16-11-24-12-26-16/h4-5,10-13H,6-9H2,1-3H3,(H,24,26)(H,27,28,31). The third-order valence-corrected chi connectivity index (χ3v) is 6.64. The monoisotopic (exact) mass is 447 g/mol. The van der Waals surface area contributed by atoms with Gasteiger partial charge in [-0.3, -0.25) is 14.5 Å².